The lowest BCUT2D eigenvalue weighted by Gasteiger charge is -2.60. The number of aldehydes is 1. The molecule has 4 atom stereocenters. The van der Waals surface area contributed by atoms with Gasteiger partial charge in [-0.25, -0.2) is 0 Å². The van der Waals surface area contributed by atoms with E-state index in [0.717, 1.165) is 12.7 Å². The van der Waals surface area contributed by atoms with E-state index in [0.29, 0.717) is 11.8 Å². The molecule has 0 spiro atoms. The molecule has 0 aromatic carbocycles. The van der Waals surface area contributed by atoms with Gasteiger partial charge >= 0.3 is 0 Å². The van der Waals surface area contributed by atoms with Crippen LogP contribution < -0.4 is 0 Å². The van der Waals surface area contributed by atoms with Gasteiger partial charge in [-0.3, -0.25) is 4.79 Å². The minimum absolute atomic E-state index is 0.0928. The van der Waals surface area contributed by atoms with E-state index in [1.807, 2.05) is 6.92 Å². The Morgan fingerprint density at radius 2 is 2.00 bits per heavy atom. The molecule has 3 aliphatic carbocycles. The number of carbonyl (C=O) groups is 2. The van der Waals surface area contributed by atoms with Crippen LogP contribution in [0.1, 0.15) is 27.2 Å². The van der Waals surface area contributed by atoms with E-state index in [1.54, 1.807) is 0 Å². The molecule has 3 aliphatic rings. The van der Waals surface area contributed by atoms with E-state index in [2.05, 4.69) is 13.8 Å². The lowest BCUT2D eigenvalue weighted by molar-refractivity contribution is -0.168. The molecule has 0 aliphatic heterocycles. The van der Waals surface area contributed by atoms with Crippen LogP contribution in [0.5, 0.6) is 0 Å². The van der Waals surface area contributed by atoms with Crippen LogP contribution in [0.25, 0.3) is 0 Å². The van der Waals surface area contributed by atoms with Crippen LogP contribution in [0.15, 0.2) is 0 Å². The van der Waals surface area contributed by atoms with Crippen molar-refractivity contribution in [1.29, 1.82) is 0 Å². The highest BCUT2D eigenvalue weighted by Crippen LogP contribution is 2.61. The van der Waals surface area contributed by atoms with Crippen LogP contribution in [0.4, 0.5) is 0 Å². The number of fused-ring (bicyclic) bond motifs is 2. The van der Waals surface area contributed by atoms with Crippen molar-refractivity contribution in [2.45, 2.75) is 27.2 Å². The van der Waals surface area contributed by atoms with Crippen LogP contribution in [0, 0.1) is 29.1 Å². The van der Waals surface area contributed by atoms with Gasteiger partial charge in [0, 0.05) is 5.92 Å². The van der Waals surface area contributed by atoms with E-state index < -0.39 is 0 Å². The highest BCUT2D eigenvalue weighted by Gasteiger charge is 2.60. The Morgan fingerprint density at radius 3 is 2.46 bits per heavy atom. The number of Topliss-reactive ketones (excluding diaryl/α,β-unsaturated/α-hetero) is 1. The highest BCUT2D eigenvalue weighted by atomic mass is 16.1. The molecule has 2 bridgehead atoms. The van der Waals surface area contributed by atoms with Crippen LogP contribution in [-0.2, 0) is 9.59 Å². The van der Waals surface area contributed by atoms with Crippen molar-refractivity contribution in [2.24, 2.45) is 29.1 Å². The number of hydrogen-bond acceptors (Lipinski definition) is 2. The van der Waals surface area contributed by atoms with Gasteiger partial charge in [-0.15, -0.1) is 0 Å². The summed E-state index contributed by atoms with van der Waals surface area (Å²) in [5.74, 6) is 0.792. The van der Waals surface area contributed by atoms with Gasteiger partial charge < -0.3 is 4.79 Å². The Kier molecular flexibility index (Phi) is 1.67. The second-order valence-corrected chi connectivity index (χ2v) is 5.12. The van der Waals surface area contributed by atoms with Crippen molar-refractivity contribution in [3.8, 4) is 0 Å². The first-order valence-electron chi connectivity index (χ1n) is 4.99. The molecule has 0 amide bonds. The van der Waals surface area contributed by atoms with E-state index >= 15 is 0 Å². The molecule has 4 unspecified atom stereocenters. The molecule has 0 aromatic rings. The molecule has 3 fully saturated rings. The van der Waals surface area contributed by atoms with Crippen molar-refractivity contribution in [2.75, 3.05) is 0 Å². The maximum Gasteiger partial charge on any atom is 0.146 e. The topological polar surface area (TPSA) is 34.1 Å². The number of carbonyl (C=O) groups excluding carboxylic acids is 2. The molecule has 0 radical (unpaired) electrons. The first-order valence-corrected chi connectivity index (χ1v) is 4.99. The first kappa shape index (κ1) is 8.92. The molecule has 0 saturated heterocycles. The number of rotatable bonds is 1. The lowest BCUT2D eigenvalue weighted by atomic mass is 9.42. The first-order chi connectivity index (χ1) is 6.00. The van der Waals surface area contributed by atoms with Crippen molar-refractivity contribution in [3.05, 3.63) is 0 Å². The third-order valence-electron chi connectivity index (χ3n) is 4.38. The summed E-state index contributed by atoms with van der Waals surface area (Å²) >= 11 is 0. The number of ketones is 1. The van der Waals surface area contributed by atoms with E-state index in [4.69, 9.17) is 0 Å². The van der Waals surface area contributed by atoms with Gasteiger partial charge in [-0.05, 0) is 23.7 Å². The second-order valence-electron chi connectivity index (χ2n) is 5.12. The van der Waals surface area contributed by atoms with Gasteiger partial charge in [0.1, 0.15) is 12.1 Å². The fraction of sp³-hybridized carbons (Fsp3) is 0.818. The van der Waals surface area contributed by atoms with E-state index in [1.165, 1.54) is 0 Å². The minimum Gasteiger partial charge on any atom is -0.303 e. The molecule has 3 rings (SSSR count). The fourth-order valence-corrected chi connectivity index (χ4v) is 3.32. The van der Waals surface area contributed by atoms with Crippen LogP contribution in [0.3, 0.4) is 0 Å². The quantitative estimate of drug-likeness (QED) is 0.454. The monoisotopic (exact) mass is 180 g/mol. The van der Waals surface area contributed by atoms with Gasteiger partial charge in [0.2, 0.25) is 0 Å². The average Bonchev–Trinajstić information content (AvgIpc) is 2.08. The second kappa shape index (κ2) is 2.43. The molecule has 0 heterocycles. The molecule has 13 heavy (non-hydrogen) atoms. The molecule has 0 aromatic heterocycles. The molecule has 3 saturated carbocycles. The minimum atomic E-state index is -0.310. The zero-order valence-corrected chi connectivity index (χ0v) is 8.41. The van der Waals surface area contributed by atoms with Crippen LogP contribution in [-0.4, -0.2) is 12.1 Å². The standard InChI is InChI=1S/C11H16O2/c1-6-8-4-9(11(8,2)3)7(5-12)10(6)13/h5-9H,4H2,1-3H3. The molecule has 0 N–H and O–H groups in total. The Labute approximate surface area is 78.7 Å². The van der Waals surface area contributed by atoms with E-state index in [-0.39, 0.29) is 23.0 Å². The normalized spacial score (nSPS) is 46.8. The SMILES string of the molecule is CC1C(=O)C(C=O)C2CC1C2(C)C. The summed E-state index contributed by atoms with van der Waals surface area (Å²) in [7, 11) is 0. The van der Waals surface area contributed by atoms with Crippen LogP contribution >= 0.6 is 0 Å². The van der Waals surface area contributed by atoms with Crippen LogP contribution in [0.2, 0.25) is 0 Å². The fourth-order valence-electron chi connectivity index (χ4n) is 3.32. The van der Waals surface area contributed by atoms with Gasteiger partial charge in [0.25, 0.3) is 0 Å². The number of hydrogen-bond donors (Lipinski definition) is 0. The lowest BCUT2D eigenvalue weighted by Crippen LogP contribution is -2.60. The molecule has 2 heteroatoms. The largest absolute Gasteiger partial charge is 0.303 e. The van der Waals surface area contributed by atoms with Crippen molar-refractivity contribution < 1.29 is 9.59 Å². The van der Waals surface area contributed by atoms with Gasteiger partial charge in [0.15, 0.2) is 0 Å². The van der Waals surface area contributed by atoms with Gasteiger partial charge in [-0.2, -0.15) is 0 Å². The maximum atomic E-state index is 11.7. The van der Waals surface area contributed by atoms with Crippen molar-refractivity contribution >= 4 is 12.1 Å². The summed E-state index contributed by atoms with van der Waals surface area (Å²) in [5.41, 5.74) is 0.207. The summed E-state index contributed by atoms with van der Waals surface area (Å²) in [6, 6.07) is 0. The Hall–Kier alpha value is -0.660. The average molecular weight is 180 g/mol. The smallest absolute Gasteiger partial charge is 0.146 e. The third-order valence-corrected chi connectivity index (χ3v) is 4.38. The summed E-state index contributed by atoms with van der Waals surface area (Å²) in [4.78, 5) is 22.5. The zero-order valence-electron chi connectivity index (χ0n) is 8.41. The summed E-state index contributed by atoms with van der Waals surface area (Å²) in [6.07, 6.45) is 1.93. The Bertz CT molecular complexity index is 267. The van der Waals surface area contributed by atoms with Gasteiger partial charge in [-0.1, -0.05) is 20.8 Å². The molecule has 72 valence electrons. The Balaban J connectivity index is 2.33. The zero-order chi connectivity index (χ0) is 9.80. The Morgan fingerprint density at radius 1 is 1.38 bits per heavy atom. The highest BCUT2D eigenvalue weighted by molar-refractivity contribution is 5.97. The molecular formula is C11H16O2. The summed E-state index contributed by atoms with van der Waals surface area (Å²) in [6.45, 7) is 6.34. The third kappa shape index (κ3) is 0.890. The predicted octanol–water partition coefficient (Wildman–Crippen LogP) is 1.68. The van der Waals surface area contributed by atoms with Gasteiger partial charge in [0.05, 0.1) is 5.92 Å². The van der Waals surface area contributed by atoms with E-state index in [9.17, 15) is 9.59 Å². The molecule has 2 nitrogen and oxygen atoms in total. The van der Waals surface area contributed by atoms with Crippen molar-refractivity contribution in [1.82, 2.24) is 0 Å². The summed E-state index contributed by atoms with van der Waals surface area (Å²) in [5, 5.41) is 0. The predicted molar refractivity (Wildman–Crippen MR) is 49.1 cm³/mol. The van der Waals surface area contributed by atoms with Crippen molar-refractivity contribution in [3.63, 3.8) is 0 Å². The molecular weight excluding hydrogens is 164 g/mol. The maximum absolute atomic E-state index is 11.7. The summed E-state index contributed by atoms with van der Waals surface area (Å²) < 4.78 is 0.